The van der Waals surface area contributed by atoms with Crippen LogP contribution in [0, 0.1) is 0 Å². The molecule has 1 nitrogen and oxygen atoms in total. The van der Waals surface area contributed by atoms with E-state index < -0.39 is 0 Å². The van der Waals surface area contributed by atoms with E-state index in [0.29, 0.717) is 0 Å². The van der Waals surface area contributed by atoms with Gasteiger partial charge in [0, 0.05) is 16.3 Å². The van der Waals surface area contributed by atoms with E-state index in [0.717, 1.165) is 22.3 Å². The van der Waals surface area contributed by atoms with Crippen molar-refractivity contribution in [2.45, 2.75) is 0 Å². The summed E-state index contributed by atoms with van der Waals surface area (Å²) in [6.07, 6.45) is 1.85. The summed E-state index contributed by atoms with van der Waals surface area (Å²) in [6.45, 7) is 3.79. The predicted octanol–water partition coefficient (Wildman–Crippen LogP) is 5.70. The van der Waals surface area contributed by atoms with Crippen LogP contribution >= 0.6 is 0 Å². The van der Waals surface area contributed by atoms with Crippen LogP contribution in [0.3, 0.4) is 0 Å². The fraction of sp³-hybridized carbons (Fsp3) is 0. The number of rotatable bonds is 2. The highest BCUT2D eigenvalue weighted by Crippen LogP contribution is 2.27. The second kappa shape index (κ2) is 5.12. The number of aromatic nitrogens is 1. The van der Waals surface area contributed by atoms with E-state index in [9.17, 15) is 0 Å². The topological polar surface area (TPSA) is 12.9 Å². The molecule has 4 rings (SSSR count). The van der Waals surface area contributed by atoms with Crippen molar-refractivity contribution in [1.82, 2.24) is 4.98 Å². The molecule has 0 aliphatic carbocycles. The van der Waals surface area contributed by atoms with E-state index in [2.05, 4.69) is 79.4 Å². The first-order valence-corrected chi connectivity index (χ1v) is 7.36. The van der Waals surface area contributed by atoms with E-state index in [1.807, 2.05) is 6.08 Å². The van der Waals surface area contributed by atoms with Gasteiger partial charge < -0.3 is 0 Å². The van der Waals surface area contributed by atoms with Crippen molar-refractivity contribution < 1.29 is 0 Å². The van der Waals surface area contributed by atoms with Gasteiger partial charge in [-0.25, -0.2) is 4.98 Å². The summed E-state index contributed by atoms with van der Waals surface area (Å²) in [5.74, 6) is 0. The molecular weight excluding hydrogens is 266 g/mol. The zero-order valence-corrected chi connectivity index (χ0v) is 12.2. The van der Waals surface area contributed by atoms with Crippen LogP contribution in [0.5, 0.6) is 0 Å². The summed E-state index contributed by atoms with van der Waals surface area (Å²) in [7, 11) is 0. The van der Waals surface area contributed by atoms with Crippen LogP contribution in [0.1, 0.15) is 5.56 Å². The van der Waals surface area contributed by atoms with Gasteiger partial charge in [-0.05, 0) is 17.0 Å². The molecule has 0 atom stereocenters. The molecule has 0 bridgehead atoms. The van der Waals surface area contributed by atoms with Crippen molar-refractivity contribution in [2.75, 3.05) is 0 Å². The summed E-state index contributed by atoms with van der Waals surface area (Å²) in [6, 6.07) is 25.2. The van der Waals surface area contributed by atoms with Crippen LogP contribution in [0.25, 0.3) is 39.0 Å². The molecule has 0 fully saturated rings. The average molecular weight is 281 g/mol. The molecule has 3 aromatic carbocycles. The lowest BCUT2D eigenvalue weighted by atomic mass is 10.0. The van der Waals surface area contributed by atoms with Crippen molar-refractivity contribution in [3.8, 4) is 11.3 Å². The molecule has 0 radical (unpaired) electrons. The van der Waals surface area contributed by atoms with E-state index in [1.165, 1.54) is 16.2 Å². The normalized spacial score (nSPS) is 10.9. The fourth-order valence-corrected chi connectivity index (χ4v) is 2.81. The van der Waals surface area contributed by atoms with Gasteiger partial charge in [0.05, 0.1) is 11.2 Å². The monoisotopic (exact) mass is 281 g/mol. The zero-order valence-electron chi connectivity index (χ0n) is 12.2. The number of hydrogen-bond donors (Lipinski definition) is 0. The molecule has 0 unspecified atom stereocenters. The predicted molar refractivity (Wildman–Crippen MR) is 94.8 cm³/mol. The number of fused-ring (bicyclic) bond motifs is 3. The maximum Gasteiger partial charge on any atom is 0.0787 e. The van der Waals surface area contributed by atoms with Crippen LogP contribution in [0.4, 0.5) is 0 Å². The second-order valence-electron chi connectivity index (χ2n) is 5.38. The lowest BCUT2D eigenvalue weighted by molar-refractivity contribution is 1.41. The highest BCUT2D eigenvalue weighted by Gasteiger charge is 2.05. The molecule has 104 valence electrons. The second-order valence-corrected chi connectivity index (χ2v) is 5.38. The molecule has 0 N–H and O–H groups in total. The van der Waals surface area contributed by atoms with Crippen molar-refractivity contribution in [3.63, 3.8) is 0 Å². The molecule has 1 heterocycles. The zero-order chi connectivity index (χ0) is 14.9. The number of benzene rings is 3. The quantitative estimate of drug-likeness (QED) is 0.430. The first kappa shape index (κ1) is 12.8. The maximum absolute atomic E-state index is 4.90. The molecule has 0 spiro atoms. The summed E-state index contributed by atoms with van der Waals surface area (Å²) in [5, 5.41) is 3.59. The largest absolute Gasteiger partial charge is 0.247 e. The third-order valence-electron chi connectivity index (χ3n) is 4.03. The SMILES string of the molecule is C=Cc1ccc(-c2ccc3ccc4ccccc4c3n2)cc1. The van der Waals surface area contributed by atoms with Crippen LogP contribution in [0.15, 0.2) is 79.4 Å². The Morgan fingerprint density at radius 3 is 2.27 bits per heavy atom. The molecule has 0 saturated carbocycles. The molecule has 0 saturated heterocycles. The lowest BCUT2D eigenvalue weighted by Gasteiger charge is -2.07. The number of pyridine rings is 1. The molecule has 0 aliphatic rings. The lowest BCUT2D eigenvalue weighted by Crippen LogP contribution is -1.87. The minimum Gasteiger partial charge on any atom is -0.247 e. The van der Waals surface area contributed by atoms with Crippen LogP contribution in [-0.4, -0.2) is 4.98 Å². The van der Waals surface area contributed by atoms with E-state index >= 15 is 0 Å². The Bertz CT molecular complexity index is 981. The minimum absolute atomic E-state index is 1.000. The van der Waals surface area contributed by atoms with Gasteiger partial charge in [-0.3, -0.25) is 0 Å². The fourth-order valence-electron chi connectivity index (χ4n) is 2.81. The Kier molecular flexibility index (Phi) is 2.97. The highest BCUT2D eigenvalue weighted by molar-refractivity contribution is 6.05. The van der Waals surface area contributed by atoms with Gasteiger partial charge >= 0.3 is 0 Å². The van der Waals surface area contributed by atoms with Gasteiger partial charge in [0.2, 0.25) is 0 Å². The van der Waals surface area contributed by atoms with Crippen molar-refractivity contribution in [1.29, 1.82) is 0 Å². The Morgan fingerprint density at radius 1 is 0.727 bits per heavy atom. The molecule has 1 aromatic heterocycles. The Hall–Kier alpha value is -2.93. The van der Waals surface area contributed by atoms with Crippen molar-refractivity contribution >= 4 is 27.8 Å². The summed E-state index contributed by atoms with van der Waals surface area (Å²) in [4.78, 5) is 4.90. The van der Waals surface area contributed by atoms with E-state index in [4.69, 9.17) is 4.98 Å². The Balaban J connectivity index is 1.95. The first-order chi connectivity index (χ1) is 10.8. The highest BCUT2D eigenvalue weighted by atomic mass is 14.7. The smallest absolute Gasteiger partial charge is 0.0787 e. The van der Waals surface area contributed by atoms with Gasteiger partial charge in [-0.2, -0.15) is 0 Å². The van der Waals surface area contributed by atoms with Gasteiger partial charge in [0.15, 0.2) is 0 Å². The number of hydrogen-bond acceptors (Lipinski definition) is 1. The average Bonchev–Trinajstić information content (AvgIpc) is 2.61. The van der Waals surface area contributed by atoms with Crippen LogP contribution < -0.4 is 0 Å². The standard InChI is InChI=1S/C21H15N/c1-2-15-7-9-17(10-8-15)20-14-13-18-12-11-16-5-3-4-6-19(16)21(18)22-20/h2-14H,1H2. The third kappa shape index (κ3) is 2.08. The molecular formula is C21H15N. The van der Waals surface area contributed by atoms with Gasteiger partial charge in [0.1, 0.15) is 0 Å². The van der Waals surface area contributed by atoms with E-state index in [-0.39, 0.29) is 0 Å². The van der Waals surface area contributed by atoms with Gasteiger partial charge in [-0.1, -0.05) is 79.4 Å². The minimum atomic E-state index is 1.000. The summed E-state index contributed by atoms with van der Waals surface area (Å²) >= 11 is 0. The van der Waals surface area contributed by atoms with Crippen molar-refractivity contribution in [2.24, 2.45) is 0 Å². The molecule has 0 aliphatic heterocycles. The van der Waals surface area contributed by atoms with Gasteiger partial charge in [0.25, 0.3) is 0 Å². The Labute approximate surface area is 129 Å². The van der Waals surface area contributed by atoms with Crippen LogP contribution in [-0.2, 0) is 0 Å². The molecule has 0 amide bonds. The van der Waals surface area contributed by atoms with Gasteiger partial charge in [-0.15, -0.1) is 0 Å². The molecule has 4 aromatic rings. The molecule has 1 heteroatoms. The Morgan fingerprint density at radius 2 is 1.45 bits per heavy atom. The number of nitrogens with zero attached hydrogens (tertiary/aromatic N) is 1. The maximum atomic E-state index is 4.90. The summed E-state index contributed by atoms with van der Waals surface area (Å²) < 4.78 is 0. The van der Waals surface area contributed by atoms with Crippen LogP contribution in [0.2, 0.25) is 0 Å². The van der Waals surface area contributed by atoms with E-state index in [1.54, 1.807) is 0 Å². The first-order valence-electron chi connectivity index (χ1n) is 7.36. The molecule has 22 heavy (non-hydrogen) atoms. The summed E-state index contributed by atoms with van der Waals surface area (Å²) in [5.41, 5.74) is 4.30. The van der Waals surface area contributed by atoms with Crippen molar-refractivity contribution in [3.05, 3.63) is 84.9 Å². The third-order valence-corrected chi connectivity index (χ3v) is 4.03.